The van der Waals surface area contributed by atoms with Crippen LogP contribution in [0, 0.1) is 11.8 Å². The zero-order chi connectivity index (χ0) is 20.3. The number of hydrogen-bond donors (Lipinski definition) is 1. The molecule has 3 aliphatic rings. The number of carbonyl (C=O) groups is 3. The molecule has 5 heteroatoms. The lowest BCUT2D eigenvalue weighted by Gasteiger charge is -2.38. The Morgan fingerprint density at radius 1 is 0.966 bits per heavy atom. The second-order valence-electron chi connectivity index (χ2n) is 8.72. The fourth-order valence-electron chi connectivity index (χ4n) is 5.25. The van der Waals surface area contributed by atoms with E-state index in [1.807, 2.05) is 18.2 Å². The van der Waals surface area contributed by atoms with Gasteiger partial charge < -0.3 is 5.32 Å². The first kappa shape index (κ1) is 19.9. The minimum Gasteiger partial charge on any atom is -0.355 e. The van der Waals surface area contributed by atoms with Crippen molar-refractivity contribution in [3.8, 4) is 0 Å². The van der Waals surface area contributed by atoms with E-state index in [1.54, 1.807) is 0 Å². The van der Waals surface area contributed by atoms with Crippen molar-refractivity contribution in [1.29, 1.82) is 0 Å². The Labute approximate surface area is 172 Å². The number of hydrogen-bond acceptors (Lipinski definition) is 3. The Hall–Kier alpha value is -2.43. The summed E-state index contributed by atoms with van der Waals surface area (Å²) in [6.07, 6.45) is 11.2. The lowest BCUT2D eigenvalue weighted by Crippen LogP contribution is -2.43. The normalized spacial score (nSPS) is 25.7. The van der Waals surface area contributed by atoms with E-state index in [0.717, 1.165) is 12.8 Å². The molecule has 0 radical (unpaired) electrons. The molecule has 1 aliphatic heterocycles. The van der Waals surface area contributed by atoms with Gasteiger partial charge in [-0.2, -0.15) is 0 Å². The maximum Gasteiger partial charge on any atom is 0.233 e. The van der Waals surface area contributed by atoms with Crippen molar-refractivity contribution < 1.29 is 14.4 Å². The van der Waals surface area contributed by atoms with Crippen LogP contribution in [0.1, 0.15) is 56.9 Å². The van der Waals surface area contributed by atoms with Crippen molar-refractivity contribution in [2.75, 3.05) is 13.1 Å². The van der Waals surface area contributed by atoms with E-state index in [4.69, 9.17) is 0 Å². The SMILES string of the molecule is O=C(CCN1C(=O)[C@@H]2CC=CC[C@H]2C1=O)NCC1(c2ccccc2)CCCCC1. The molecule has 1 aromatic rings. The van der Waals surface area contributed by atoms with Crippen LogP contribution in [0.2, 0.25) is 0 Å². The molecule has 29 heavy (non-hydrogen) atoms. The number of likely N-dealkylation sites (tertiary alicyclic amines) is 1. The average molecular weight is 395 g/mol. The molecule has 1 saturated heterocycles. The monoisotopic (exact) mass is 394 g/mol. The van der Waals surface area contributed by atoms with Gasteiger partial charge in [0, 0.05) is 24.9 Å². The summed E-state index contributed by atoms with van der Waals surface area (Å²) in [5.41, 5.74) is 1.29. The quantitative estimate of drug-likeness (QED) is 0.594. The highest BCUT2D eigenvalue weighted by atomic mass is 16.2. The van der Waals surface area contributed by atoms with Gasteiger partial charge in [0.25, 0.3) is 0 Å². The molecule has 1 saturated carbocycles. The number of carbonyl (C=O) groups excluding carboxylic acids is 3. The van der Waals surface area contributed by atoms with E-state index in [2.05, 4.69) is 29.6 Å². The van der Waals surface area contributed by atoms with Gasteiger partial charge in [-0.25, -0.2) is 0 Å². The second kappa shape index (κ2) is 8.52. The van der Waals surface area contributed by atoms with Crippen LogP contribution in [-0.4, -0.2) is 35.7 Å². The summed E-state index contributed by atoms with van der Waals surface area (Å²) in [6, 6.07) is 10.5. The number of rotatable bonds is 6. The number of fused-ring (bicyclic) bond motifs is 1. The highest BCUT2D eigenvalue weighted by molar-refractivity contribution is 6.05. The van der Waals surface area contributed by atoms with Crippen molar-refractivity contribution in [2.45, 2.75) is 56.8 Å². The number of benzene rings is 1. The van der Waals surface area contributed by atoms with Crippen LogP contribution in [0.15, 0.2) is 42.5 Å². The van der Waals surface area contributed by atoms with Gasteiger partial charge >= 0.3 is 0 Å². The van der Waals surface area contributed by atoms with Gasteiger partial charge in [0.05, 0.1) is 11.8 Å². The van der Waals surface area contributed by atoms with E-state index < -0.39 is 0 Å². The lowest BCUT2D eigenvalue weighted by molar-refractivity contribution is -0.140. The average Bonchev–Trinajstić information content (AvgIpc) is 3.02. The predicted octanol–water partition coefficient (Wildman–Crippen LogP) is 3.35. The molecule has 4 rings (SSSR count). The number of nitrogens with one attached hydrogen (secondary N) is 1. The summed E-state index contributed by atoms with van der Waals surface area (Å²) >= 11 is 0. The molecule has 154 valence electrons. The van der Waals surface area contributed by atoms with Gasteiger partial charge in [0.2, 0.25) is 17.7 Å². The molecule has 2 atom stereocenters. The zero-order valence-electron chi connectivity index (χ0n) is 16.9. The van der Waals surface area contributed by atoms with E-state index in [-0.39, 0.29) is 47.9 Å². The number of imide groups is 1. The smallest absolute Gasteiger partial charge is 0.233 e. The number of allylic oxidation sites excluding steroid dienone is 2. The molecule has 2 fully saturated rings. The molecule has 3 amide bonds. The van der Waals surface area contributed by atoms with Crippen LogP contribution in [0.25, 0.3) is 0 Å². The van der Waals surface area contributed by atoms with E-state index in [9.17, 15) is 14.4 Å². The number of amides is 3. The summed E-state index contributed by atoms with van der Waals surface area (Å²) in [7, 11) is 0. The summed E-state index contributed by atoms with van der Waals surface area (Å²) in [6.45, 7) is 0.807. The molecular weight excluding hydrogens is 364 g/mol. The molecule has 1 heterocycles. The third-order valence-corrected chi connectivity index (χ3v) is 6.98. The van der Waals surface area contributed by atoms with Crippen LogP contribution in [-0.2, 0) is 19.8 Å². The predicted molar refractivity (Wildman–Crippen MR) is 111 cm³/mol. The van der Waals surface area contributed by atoms with Gasteiger partial charge in [-0.1, -0.05) is 61.7 Å². The third-order valence-electron chi connectivity index (χ3n) is 6.98. The highest BCUT2D eigenvalue weighted by Crippen LogP contribution is 2.39. The van der Waals surface area contributed by atoms with Crippen molar-refractivity contribution in [2.24, 2.45) is 11.8 Å². The van der Waals surface area contributed by atoms with Crippen LogP contribution in [0.3, 0.4) is 0 Å². The molecule has 1 N–H and O–H groups in total. The first-order chi connectivity index (χ1) is 14.1. The molecule has 5 nitrogen and oxygen atoms in total. The van der Waals surface area contributed by atoms with E-state index >= 15 is 0 Å². The largest absolute Gasteiger partial charge is 0.355 e. The van der Waals surface area contributed by atoms with Crippen LogP contribution in [0.5, 0.6) is 0 Å². The van der Waals surface area contributed by atoms with Crippen molar-refractivity contribution >= 4 is 17.7 Å². The van der Waals surface area contributed by atoms with Gasteiger partial charge in [-0.3, -0.25) is 19.3 Å². The minimum absolute atomic E-state index is 0.00490. The van der Waals surface area contributed by atoms with Crippen LogP contribution < -0.4 is 5.32 Å². The second-order valence-corrected chi connectivity index (χ2v) is 8.72. The fraction of sp³-hybridized carbons (Fsp3) is 0.542. The molecule has 0 aromatic heterocycles. The van der Waals surface area contributed by atoms with E-state index in [0.29, 0.717) is 19.4 Å². The Bertz CT molecular complexity index is 770. The van der Waals surface area contributed by atoms with Gasteiger partial charge in [-0.15, -0.1) is 0 Å². The van der Waals surface area contributed by atoms with E-state index in [1.165, 1.54) is 29.7 Å². The maximum absolute atomic E-state index is 12.6. The maximum atomic E-state index is 12.6. The fourth-order valence-corrected chi connectivity index (χ4v) is 5.25. The molecule has 1 aromatic carbocycles. The first-order valence-corrected chi connectivity index (χ1v) is 10.9. The van der Waals surface area contributed by atoms with Crippen molar-refractivity contribution in [1.82, 2.24) is 10.2 Å². The summed E-state index contributed by atoms with van der Waals surface area (Å²) < 4.78 is 0. The van der Waals surface area contributed by atoms with Crippen molar-refractivity contribution in [3.63, 3.8) is 0 Å². The van der Waals surface area contributed by atoms with Crippen LogP contribution >= 0.6 is 0 Å². The molecule has 0 spiro atoms. The lowest BCUT2D eigenvalue weighted by atomic mass is 9.69. The zero-order valence-corrected chi connectivity index (χ0v) is 16.9. The molecule has 2 aliphatic carbocycles. The molecule has 0 bridgehead atoms. The highest BCUT2D eigenvalue weighted by Gasteiger charge is 2.47. The van der Waals surface area contributed by atoms with Gasteiger partial charge in [0.1, 0.15) is 0 Å². The first-order valence-electron chi connectivity index (χ1n) is 10.9. The Morgan fingerprint density at radius 2 is 1.59 bits per heavy atom. The number of nitrogens with zero attached hydrogens (tertiary/aromatic N) is 1. The summed E-state index contributed by atoms with van der Waals surface area (Å²) in [5.74, 6) is -0.742. The minimum atomic E-state index is -0.223. The van der Waals surface area contributed by atoms with Gasteiger partial charge in [-0.05, 0) is 31.2 Å². The summed E-state index contributed by atoms with van der Waals surface area (Å²) in [5, 5.41) is 3.11. The molecular formula is C24H30N2O3. The topological polar surface area (TPSA) is 66.5 Å². The van der Waals surface area contributed by atoms with Crippen molar-refractivity contribution in [3.05, 3.63) is 48.0 Å². The Balaban J connectivity index is 1.34. The standard InChI is InChI=1S/C24H30N2O3/c27-21(13-16-26-22(28)19-11-5-6-12-20(19)23(26)29)25-17-24(14-7-2-8-15-24)18-9-3-1-4-10-18/h1,3-6,9-10,19-20H,2,7-8,11-17H2,(H,25,27)/t19-,20-/m1/s1. The summed E-state index contributed by atoms with van der Waals surface area (Å²) in [4.78, 5) is 39.0. The van der Waals surface area contributed by atoms with Crippen LogP contribution in [0.4, 0.5) is 0 Å². The third kappa shape index (κ3) is 4.00. The Morgan fingerprint density at radius 3 is 2.21 bits per heavy atom. The molecule has 0 unspecified atom stereocenters. The van der Waals surface area contributed by atoms with Gasteiger partial charge in [0.15, 0.2) is 0 Å². The Kier molecular flexibility index (Phi) is 5.84.